The van der Waals surface area contributed by atoms with Crippen LogP contribution in [-0.2, 0) is 0 Å². The molecule has 0 aliphatic heterocycles. The highest BCUT2D eigenvalue weighted by molar-refractivity contribution is 4.81. The van der Waals surface area contributed by atoms with Crippen LogP contribution in [0.1, 0.15) is 32.1 Å². The summed E-state index contributed by atoms with van der Waals surface area (Å²) in [6.07, 6.45) is 6.75. The molecule has 0 amide bonds. The van der Waals surface area contributed by atoms with Gasteiger partial charge < -0.3 is 11.1 Å². The van der Waals surface area contributed by atoms with Crippen molar-refractivity contribution >= 4 is 0 Å². The van der Waals surface area contributed by atoms with Gasteiger partial charge >= 0.3 is 0 Å². The molecular weight excluding hydrogens is 148 g/mol. The number of hydrogen-bond acceptors (Lipinski definition) is 2. The van der Waals surface area contributed by atoms with E-state index in [-0.39, 0.29) is 0 Å². The zero-order valence-electron chi connectivity index (χ0n) is 7.76. The fourth-order valence-corrected chi connectivity index (χ4v) is 2.11. The van der Waals surface area contributed by atoms with E-state index in [1.54, 1.807) is 0 Å². The minimum Gasteiger partial charge on any atom is -0.328 e. The Balaban J connectivity index is 1.54. The maximum atomic E-state index is 5.84. The predicted molar refractivity (Wildman–Crippen MR) is 50.9 cm³/mol. The first-order chi connectivity index (χ1) is 5.84. The van der Waals surface area contributed by atoms with Gasteiger partial charge in [-0.25, -0.2) is 0 Å². The van der Waals surface area contributed by atoms with Gasteiger partial charge in [-0.3, -0.25) is 0 Å². The fraction of sp³-hybridized carbons (Fsp3) is 1.00. The number of hydrogen-bond donors (Lipinski definition) is 2. The van der Waals surface area contributed by atoms with Gasteiger partial charge in [0.05, 0.1) is 0 Å². The summed E-state index contributed by atoms with van der Waals surface area (Å²) < 4.78 is 0. The Morgan fingerprint density at radius 3 is 2.25 bits per heavy atom. The third-order valence-corrected chi connectivity index (χ3v) is 3.14. The Morgan fingerprint density at radius 1 is 1.00 bits per heavy atom. The van der Waals surface area contributed by atoms with Crippen LogP contribution in [0.25, 0.3) is 0 Å². The Kier molecular flexibility index (Phi) is 2.66. The van der Waals surface area contributed by atoms with E-state index in [2.05, 4.69) is 5.32 Å². The lowest BCUT2D eigenvalue weighted by atomic mass is 10.1. The molecule has 0 spiro atoms. The number of rotatable bonds is 4. The number of nitrogens with two attached hydrogens (primary N) is 1. The summed E-state index contributed by atoms with van der Waals surface area (Å²) >= 11 is 0. The zero-order valence-corrected chi connectivity index (χ0v) is 7.76. The van der Waals surface area contributed by atoms with Gasteiger partial charge in [0.1, 0.15) is 0 Å². The third-order valence-electron chi connectivity index (χ3n) is 3.14. The van der Waals surface area contributed by atoms with E-state index >= 15 is 0 Å². The van der Waals surface area contributed by atoms with Crippen molar-refractivity contribution in [3.63, 3.8) is 0 Å². The summed E-state index contributed by atoms with van der Waals surface area (Å²) in [4.78, 5) is 0. The molecule has 2 aliphatic rings. The van der Waals surface area contributed by atoms with Crippen LogP contribution in [0.3, 0.4) is 0 Å². The van der Waals surface area contributed by atoms with Gasteiger partial charge in [-0.15, -0.1) is 0 Å². The van der Waals surface area contributed by atoms with Crippen molar-refractivity contribution in [2.75, 3.05) is 13.1 Å². The van der Waals surface area contributed by atoms with E-state index in [9.17, 15) is 0 Å². The summed E-state index contributed by atoms with van der Waals surface area (Å²) in [6.45, 7) is 2.47. The van der Waals surface area contributed by atoms with E-state index in [0.717, 1.165) is 11.8 Å². The molecule has 0 saturated heterocycles. The second kappa shape index (κ2) is 3.75. The Morgan fingerprint density at radius 2 is 1.67 bits per heavy atom. The smallest absolute Gasteiger partial charge is 0.00420 e. The van der Waals surface area contributed by atoms with Gasteiger partial charge in [0, 0.05) is 6.04 Å². The van der Waals surface area contributed by atoms with E-state index in [1.165, 1.54) is 45.2 Å². The molecule has 2 nitrogen and oxygen atoms in total. The van der Waals surface area contributed by atoms with Crippen molar-refractivity contribution in [2.24, 2.45) is 17.6 Å². The zero-order chi connectivity index (χ0) is 8.39. The molecule has 0 bridgehead atoms. The molecule has 0 heterocycles. The first-order valence-corrected chi connectivity index (χ1v) is 5.31. The van der Waals surface area contributed by atoms with Crippen LogP contribution in [0.5, 0.6) is 0 Å². The second-order valence-electron chi connectivity index (χ2n) is 4.54. The number of nitrogens with one attached hydrogen (secondary N) is 1. The summed E-state index contributed by atoms with van der Waals surface area (Å²) in [6, 6.07) is 0.498. The van der Waals surface area contributed by atoms with Gasteiger partial charge in [-0.2, -0.15) is 0 Å². The molecule has 12 heavy (non-hydrogen) atoms. The Hall–Kier alpha value is -0.0800. The van der Waals surface area contributed by atoms with E-state index in [4.69, 9.17) is 5.73 Å². The molecule has 0 aromatic rings. The summed E-state index contributed by atoms with van der Waals surface area (Å²) in [5, 5.41) is 3.55. The summed E-state index contributed by atoms with van der Waals surface area (Å²) in [5.74, 6) is 1.89. The van der Waals surface area contributed by atoms with Gasteiger partial charge in [0.2, 0.25) is 0 Å². The average Bonchev–Trinajstić information content (AvgIpc) is 2.76. The van der Waals surface area contributed by atoms with Crippen LogP contribution >= 0.6 is 0 Å². The molecule has 2 unspecified atom stereocenters. The maximum absolute atomic E-state index is 5.84. The average molecular weight is 168 g/mol. The normalized spacial score (nSPS) is 35.8. The third kappa shape index (κ3) is 2.46. The topological polar surface area (TPSA) is 38.0 Å². The Labute approximate surface area is 74.9 Å². The van der Waals surface area contributed by atoms with Crippen LogP contribution in [-0.4, -0.2) is 19.1 Å². The summed E-state index contributed by atoms with van der Waals surface area (Å²) in [5.41, 5.74) is 5.84. The Bertz CT molecular complexity index is 143. The van der Waals surface area contributed by atoms with Crippen LogP contribution in [0.4, 0.5) is 0 Å². The highest BCUT2D eigenvalue weighted by atomic mass is 14.9. The minimum atomic E-state index is 0.498. The standard InChI is InChI=1S/C10H20N2/c11-10-4-3-9(5-10)7-12-6-8-1-2-8/h8-10,12H,1-7,11H2. The van der Waals surface area contributed by atoms with E-state index in [1.807, 2.05) is 0 Å². The highest BCUT2D eigenvalue weighted by Crippen LogP contribution is 2.28. The first-order valence-electron chi connectivity index (χ1n) is 5.31. The first kappa shape index (κ1) is 8.52. The second-order valence-corrected chi connectivity index (χ2v) is 4.54. The molecule has 3 N–H and O–H groups in total. The minimum absolute atomic E-state index is 0.498. The van der Waals surface area contributed by atoms with E-state index < -0.39 is 0 Å². The quantitative estimate of drug-likeness (QED) is 0.660. The summed E-state index contributed by atoms with van der Waals surface area (Å²) in [7, 11) is 0. The lowest BCUT2D eigenvalue weighted by Crippen LogP contribution is -2.24. The molecule has 0 aromatic heterocycles. The largest absolute Gasteiger partial charge is 0.328 e. The van der Waals surface area contributed by atoms with Gasteiger partial charge in [-0.1, -0.05) is 0 Å². The monoisotopic (exact) mass is 168 g/mol. The van der Waals surface area contributed by atoms with Gasteiger partial charge in [0.15, 0.2) is 0 Å². The van der Waals surface area contributed by atoms with Crippen LogP contribution in [0.2, 0.25) is 0 Å². The SMILES string of the molecule is NC1CCC(CNCC2CC2)C1. The van der Waals surface area contributed by atoms with Crippen LogP contribution in [0, 0.1) is 11.8 Å². The van der Waals surface area contributed by atoms with Crippen molar-refractivity contribution in [1.82, 2.24) is 5.32 Å². The molecule has 0 radical (unpaired) electrons. The van der Waals surface area contributed by atoms with Crippen molar-refractivity contribution in [2.45, 2.75) is 38.1 Å². The molecule has 2 rings (SSSR count). The van der Waals surface area contributed by atoms with Crippen molar-refractivity contribution in [1.29, 1.82) is 0 Å². The molecule has 2 saturated carbocycles. The molecule has 0 aromatic carbocycles. The van der Waals surface area contributed by atoms with Crippen molar-refractivity contribution in [3.8, 4) is 0 Å². The van der Waals surface area contributed by atoms with Crippen LogP contribution < -0.4 is 11.1 Å². The van der Waals surface area contributed by atoms with Crippen molar-refractivity contribution in [3.05, 3.63) is 0 Å². The van der Waals surface area contributed by atoms with Crippen LogP contribution in [0.15, 0.2) is 0 Å². The molecule has 2 aliphatic carbocycles. The molecule has 2 fully saturated rings. The lowest BCUT2D eigenvalue weighted by molar-refractivity contribution is 0.475. The highest BCUT2D eigenvalue weighted by Gasteiger charge is 2.23. The predicted octanol–water partition coefficient (Wildman–Crippen LogP) is 1.11. The molecule has 2 atom stereocenters. The maximum Gasteiger partial charge on any atom is 0.00420 e. The molecular formula is C10H20N2. The van der Waals surface area contributed by atoms with Crippen molar-refractivity contribution < 1.29 is 0 Å². The molecule has 2 heteroatoms. The van der Waals surface area contributed by atoms with Gasteiger partial charge in [0.25, 0.3) is 0 Å². The lowest BCUT2D eigenvalue weighted by Gasteiger charge is -2.09. The molecule has 70 valence electrons. The fourth-order valence-electron chi connectivity index (χ4n) is 2.11. The van der Waals surface area contributed by atoms with E-state index in [0.29, 0.717) is 6.04 Å². The van der Waals surface area contributed by atoms with Gasteiger partial charge in [-0.05, 0) is 57.0 Å².